The zero-order chi connectivity index (χ0) is 24.8. The second-order valence-electron chi connectivity index (χ2n) is 9.58. The summed E-state index contributed by atoms with van der Waals surface area (Å²) in [5.74, 6) is -0.108. The average Bonchev–Trinajstić information content (AvgIpc) is 3.22. The highest BCUT2D eigenvalue weighted by Gasteiger charge is 2.40. The Hall–Kier alpha value is -2.64. The number of benzene rings is 1. The maximum atomic E-state index is 13.6. The van der Waals surface area contributed by atoms with Crippen molar-refractivity contribution in [2.45, 2.75) is 71.0 Å². The predicted molar refractivity (Wildman–Crippen MR) is 135 cm³/mol. The van der Waals surface area contributed by atoms with Gasteiger partial charge in [-0.15, -0.1) is 0 Å². The van der Waals surface area contributed by atoms with E-state index in [-0.39, 0.29) is 30.3 Å². The van der Waals surface area contributed by atoms with E-state index in [1.807, 2.05) is 48.4 Å². The van der Waals surface area contributed by atoms with Crippen LogP contribution in [0, 0.1) is 5.92 Å². The van der Waals surface area contributed by atoms with E-state index >= 15 is 0 Å². The number of likely N-dealkylation sites (tertiary alicyclic amines) is 1. The van der Waals surface area contributed by atoms with E-state index in [2.05, 4.69) is 0 Å². The number of nitrogens with zero attached hydrogens (tertiary/aromatic N) is 2. The number of carbonyl (C=O) groups excluding carboxylic acids is 2. The normalized spacial score (nSPS) is 23.3. The molecule has 0 saturated carbocycles. The van der Waals surface area contributed by atoms with Gasteiger partial charge in [-0.05, 0) is 50.3 Å². The zero-order valence-corrected chi connectivity index (χ0v) is 20.9. The average molecular weight is 483 g/mol. The molecule has 2 aromatic rings. The highest BCUT2D eigenvalue weighted by atomic mass is 16.7. The minimum Gasteiger partial charge on any atom is -0.459 e. The molecule has 35 heavy (non-hydrogen) atoms. The summed E-state index contributed by atoms with van der Waals surface area (Å²) in [7, 11) is 0. The molecule has 7 heteroatoms. The molecule has 1 saturated heterocycles. The number of para-hydroxylation sites is 1. The highest BCUT2D eigenvalue weighted by Crippen LogP contribution is 2.42. The zero-order valence-electron chi connectivity index (χ0n) is 20.9. The van der Waals surface area contributed by atoms with Gasteiger partial charge in [0.15, 0.2) is 5.76 Å². The summed E-state index contributed by atoms with van der Waals surface area (Å²) in [6.07, 6.45) is 10.0. The van der Waals surface area contributed by atoms with Gasteiger partial charge in [0.25, 0.3) is 5.91 Å². The summed E-state index contributed by atoms with van der Waals surface area (Å²) in [6, 6.07) is 7.85. The van der Waals surface area contributed by atoms with Gasteiger partial charge in [-0.3, -0.25) is 14.2 Å². The van der Waals surface area contributed by atoms with Crippen LogP contribution >= 0.6 is 0 Å². The first-order valence-corrected chi connectivity index (χ1v) is 13.1. The van der Waals surface area contributed by atoms with Gasteiger partial charge < -0.3 is 19.5 Å². The molecule has 3 atom stereocenters. The molecule has 3 heterocycles. The molecule has 4 rings (SSSR count). The monoisotopic (exact) mass is 482 g/mol. The molecule has 0 radical (unpaired) electrons. The fourth-order valence-electron chi connectivity index (χ4n) is 5.45. The fourth-order valence-corrected chi connectivity index (χ4v) is 5.45. The number of carbonyl (C=O) groups is 2. The molecular weight excluding hydrogens is 444 g/mol. The van der Waals surface area contributed by atoms with Crippen molar-refractivity contribution in [3.8, 4) is 0 Å². The first-order chi connectivity index (χ1) is 17.0. The smallest absolute Gasteiger partial charge is 0.288 e. The van der Waals surface area contributed by atoms with Crippen LogP contribution < -0.4 is 0 Å². The third-order valence-electron chi connectivity index (χ3n) is 7.21. The molecule has 0 bridgehead atoms. The Bertz CT molecular complexity index is 1050. The maximum Gasteiger partial charge on any atom is 0.288 e. The number of aliphatic hydroxyl groups is 1. The van der Waals surface area contributed by atoms with Crippen molar-refractivity contribution in [1.29, 1.82) is 0 Å². The molecule has 190 valence electrons. The third kappa shape index (κ3) is 5.62. The molecule has 2 aliphatic rings. The number of aliphatic hydroxyl groups excluding tert-OH is 1. The number of rotatable bonds is 7. The van der Waals surface area contributed by atoms with Crippen molar-refractivity contribution in [3.63, 3.8) is 0 Å². The third-order valence-corrected chi connectivity index (χ3v) is 7.21. The number of ether oxygens (including phenoxy) is 2. The molecule has 1 amide bonds. The van der Waals surface area contributed by atoms with Crippen LogP contribution in [-0.2, 0) is 14.3 Å². The second kappa shape index (κ2) is 11.9. The molecular formula is C28H38N2O5. The molecule has 1 fully saturated rings. The van der Waals surface area contributed by atoms with E-state index < -0.39 is 6.29 Å². The number of hydrogen-bond donors (Lipinski definition) is 1. The lowest BCUT2D eigenvalue weighted by molar-refractivity contribution is -0.170. The number of hydrogen-bond acceptors (Lipinski definition) is 5. The predicted octanol–water partition coefficient (Wildman–Crippen LogP) is 4.84. The van der Waals surface area contributed by atoms with Gasteiger partial charge >= 0.3 is 0 Å². The lowest BCUT2D eigenvalue weighted by atomic mass is 9.80. The topological polar surface area (TPSA) is 81.0 Å². The van der Waals surface area contributed by atoms with Gasteiger partial charge in [-0.2, -0.15) is 0 Å². The molecule has 1 aromatic heterocycles. The number of fused-ring (bicyclic) bond motifs is 1. The van der Waals surface area contributed by atoms with E-state index in [9.17, 15) is 14.7 Å². The Balaban J connectivity index is 1.78. The summed E-state index contributed by atoms with van der Waals surface area (Å²) in [4.78, 5) is 28.0. The summed E-state index contributed by atoms with van der Waals surface area (Å²) in [5, 5.41) is 10.6. The van der Waals surface area contributed by atoms with Crippen molar-refractivity contribution < 1.29 is 24.2 Å². The standard InChI is InChI=1S/C28H38N2O5/c1-3-34-28-22(13-11-17-31)23(24-19-30(20(2)32)25-14-8-7-12-21(24)25)18-26(35-28)27(33)29-15-9-5-4-6-10-16-29/h7-8,12,14,18-19,22-23,28,31H,3-6,9-11,13,15-17H2,1-2H3/t22-,23+,28-/m1/s1. The van der Waals surface area contributed by atoms with Gasteiger partial charge in [-0.1, -0.05) is 37.5 Å². The largest absolute Gasteiger partial charge is 0.459 e. The summed E-state index contributed by atoms with van der Waals surface area (Å²) in [5.41, 5.74) is 1.82. The Labute approximate surface area is 207 Å². The van der Waals surface area contributed by atoms with E-state index in [0.717, 1.165) is 55.2 Å². The van der Waals surface area contributed by atoms with Gasteiger partial charge in [0.2, 0.25) is 12.2 Å². The second-order valence-corrected chi connectivity index (χ2v) is 9.58. The summed E-state index contributed by atoms with van der Waals surface area (Å²) in [6.45, 7) is 5.47. The van der Waals surface area contributed by atoms with E-state index in [1.165, 1.54) is 6.42 Å². The van der Waals surface area contributed by atoms with Crippen molar-refractivity contribution in [1.82, 2.24) is 9.47 Å². The molecule has 1 N–H and O–H groups in total. The first-order valence-electron chi connectivity index (χ1n) is 13.1. The van der Waals surface area contributed by atoms with Crippen molar-refractivity contribution >= 4 is 22.7 Å². The summed E-state index contributed by atoms with van der Waals surface area (Å²) >= 11 is 0. The Kier molecular flexibility index (Phi) is 8.63. The Morgan fingerprint density at radius 1 is 1.11 bits per heavy atom. The van der Waals surface area contributed by atoms with Gasteiger partial charge in [-0.25, -0.2) is 0 Å². The summed E-state index contributed by atoms with van der Waals surface area (Å²) < 4.78 is 13.9. The van der Waals surface area contributed by atoms with Crippen LogP contribution in [0.25, 0.3) is 10.9 Å². The van der Waals surface area contributed by atoms with Crippen molar-refractivity contribution in [2.24, 2.45) is 5.92 Å². The van der Waals surface area contributed by atoms with Crippen molar-refractivity contribution in [3.05, 3.63) is 47.9 Å². The molecule has 7 nitrogen and oxygen atoms in total. The quantitative estimate of drug-likeness (QED) is 0.611. The highest BCUT2D eigenvalue weighted by molar-refractivity contribution is 5.95. The number of aromatic nitrogens is 1. The number of amides is 1. The van der Waals surface area contributed by atoms with E-state index in [1.54, 1.807) is 11.5 Å². The van der Waals surface area contributed by atoms with E-state index in [0.29, 0.717) is 25.2 Å². The van der Waals surface area contributed by atoms with E-state index in [4.69, 9.17) is 9.47 Å². The Morgan fingerprint density at radius 3 is 2.51 bits per heavy atom. The Morgan fingerprint density at radius 2 is 1.83 bits per heavy atom. The van der Waals surface area contributed by atoms with Gasteiger partial charge in [0.05, 0.1) is 5.52 Å². The molecule has 2 aliphatic heterocycles. The van der Waals surface area contributed by atoms with Crippen LogP contribution in [0.1, 0.15) is 75.1 Å². The molecule has 1 aromatic carbocycles. The molecule has 0 aliphatic carbocycles. The van der Waals surface area contributed by atoms with Crippen LogP contribution in [0.3, 0.4) is 0 Å². The fraction of sp³-hybridized carbons (Fsp3) is 0.571. The van der Waals surface area contributed by atoms with Crippen LogP contribution in [0.5, 0.6) is 0 Å². The van der Waals surface area contributed by atoms with Crippen LogP contribution in [-0.4, -0.2) is 59.0 Å². The maximum absolute atomic E-state index is 13.6. The van der Waals surface area contributed by atoms with Gasteiger partial charge in [0, 0.05) is 56.6 Å². The SMILES string of the molecule is CCO[C@@H]1OC(C(=O)N2CCCCCCC2)=C[C@H](c2cn(C(C)=O)c3ccccc23)[C@H]1CCCO. The van der Waals surface area contributed by atoms with Crippen LogP contribution in [0.2, 0.25) is 0 Å². The first kappa shape index (κ1) is 25.5. The van der Waals surface area contributed by atoms with Crippen molar-refractivity contribution in [2.75, 3.05) is 26.3 Å². The van der Waals surface area contributed by atoms with Crippen LogP contribution in [0.15, 0.2) is 42.3 Å². The van der Waals surface area contributed by atoms with Gasteiger partial charge in [0.1, 0.15) is 0 Å². The molecule has 0 unspecified atom stereocenters. The number of allylic oxidation sites excluding steroid dienone is 1. The minimum atomic E-state index is -0.602. The minimum absolute atomic E-state index is 0.0614. The lowest BCUT2D eigenvalue weighted by Crippen LogP contribution is -2.41. The van der Waals surface area contributed by atoms with Crippen LogP contribution in [0.4, 0.5) is 0 Å². The molecule has 0 spiro atoms. The lowest BCUT2D eigenvalue weighted by Gasteiger charge is -2.38.